The summed E-state index contributed by atoms with van der Waals surface area (Å²) in [6.07, 6.45) is 0. The van der Waals surface area contributed by atoms with Crippen LogP contribution in [0.25, 0.3) is 11.4 Å². The summed E-state index contributed by atoms with van der Waals surface area (Å²) in [6.45, 7) is 4.84. The van der Waals surface area contributed by atoms with Crippen LogP contribution in [-0.4, -0.2) is 15.9 Å². The molecule has 1 aromatic heterocycles. The fourth-order valence-corrected chi connectivity index (χ4v) is 1.49. The van der Waals surface area contributed by atoms with Crippen LogP contribution in [0.4, 0.5) is 4.39 Å². The third-order valence-electron chi connectivity index (χ3n) is 2.84. The van der Waals surface area contributed by atoms with Crippen LogP contribution >= 0.6 is 0 Å². The molecule has 1 heterocycles. The number of Topliss-reactive ketones (excluding diaryl/α,β-unsaturated/α-hetero) is 1. The van der Waals surface area contributed by atoms with Crippen molar-refractivity contribution in [2.45, 2.75) is 26.7 Å². The highest BCUT2D eigenvalue weighted by atomic mass is 19.1. The molecule has 0 saturated heterocycles. The largest absolute Gasteiger partial charge is 0.338 e. The second kappa shape index (κ2) is 4.68. The number of aryl methyl sites for hydroxylation is 1. The number of aromatic nitrogens is 2. The second-order valence-corrected chi connectivity index (χ2v) is 4.25. The summed E-state index contributed by atoms with van der Waals surface area (Å²) in [7, 11) is 0. The Kier molecular flexibility index (Phi) is 3.23. The Morgan fingerprint density at radius 1 is 1.44 bits per heavy atom. The van der Waals surface area contributed by atoms with Crippen LogP contribution in [0.15, 0.2) is 22.7 Å². The van der Waals surface area contributed by atoms with Gasteiger partial charge in [0.15, 0.2) is 0 Å². The van der Waals surface area contributed by atoms with Crippen molar-refractivity contribution in [3.63, 3.8) is 0 Å². The molecular weight excluding hydrogens is 235 g/mol. The van der Waals surface area contributed by atoms with E-state index in [0.29, 0.717) is 17.0 Å². The average molecular weight is 248 g/mol. The van der Waals surface area contributed by atoms with Gasteiger partial charge < -0.3 is 4.52 Å². The molecule has 0 N–H and O–H groups in total. The SMILES string of the molecule is CC(=O)C(C)c1nc(-c2ccc(F)c(C)c2)no1. The first-order chi connectivity index (χ1) is 8.49. The molecular formula is C13H13FN2O2. The highest BCUT2D eigenvalue weighted by Crippen LogP contribution is 2.22. The molecule has 1 atom stereocenters. The molecule has 0 radical (unpaired) electrons. The fraction of sp³-hybridized carbons (Fsp3) is 0.308. The van der Waals surface area contributed by atoms with Gasteiger partial charge >= 0.3 is 0 Å². The lowest BCUT2D eigenvalue weighted by Gasteiger charge is -1.99. The van der Waals surface area contributed by atoms with Crippen molar-refractivity contribution in [1.82, 2.24) is 10.1 Å². The summed E-state index contributed by atoms with van der Waals surface area (Å²) in [5, 5.41) is 3.80. The molecule has 2 rings (SSSR count). The van der Waals surface area contributed by atoms with Crippen molar-refractivity contribution in [2.24, 2.45) is 0 Å². The number of nitrogens with zero attached hydrogens (tertiary/aromatic N) is 2. The van der Waals surface area contributed by atoms with E-state index in [0.717, 1.165) is 0 Å². The molecule has 1 aromatic carbocycles. The summed E-state index contributed by atoms with van der Waals surface area (Å²) in [4.78, 5) is 15.4. The maximum absolute atomic E-state index is 13.1. The predicted molar refractivity (Wildman–Crippen MR) is 63.5 cm³/mol. The minimum absolute atomic E-state index is 0.0412. The van der Waals surface area contributed by atoms with Gasteiger partial charge in [-0.15, -0.1) is 0 Å². The number of rotatable bonds is 3. The van der Waals surface area contributed by atoms with Crippen molar-refractivity contribution in [3.8, 4) is 11.4 Å². The summed E-state index contributed by atoms with van der Waals surface area (Å²) in [5.41, 5.74) is 1.18. The first kappa shape index (κ1) is 12.4. The zero-order valence-corrected chi connectivity index (χ0v) is 10.4. The van der Waals surface area contributed by atoms with Gasteiger partial charge in [0.25, 0.3) is 0 Å². The monoisotopic (exact) mass is 248 g/mol. The molecule has 5 heteroatoms. The van der Waals surface area contributed by atoms with E-state index in [4.69, 9.17) is 4.52 Å². The lowest BCUT2D eigenvalue weighted by molar-refractivity contribution is -0.118. The number of benzene rings is 1. The highest BCUT2D eigenvalue weighted by Gasteiger charge is 2.19. The average Bonchev–Trinajstić information content (AvgIpc) is 2.81. The lowest BCUT2D eigenvalue weighted by atomic mass is 10.1. The van der Waals surface area contributed by atoms with Gasteiger partial charge in [-0.25, -0.2) is 4.39 Å². The van der Waals surface area contributed by atoms with Crippen LogP contribution < -0.4 is 0 Å². The van der Waals surface area contributed by atoms with Gasteiger partial charge in [-0.1, -0.05) is 5.16 Å². The topological polar surface area (TPSA) is 56.0 Å². The molecule has 94 valence electrons. The van der Waals surface area contributed by atoms with Crippen LogP contribution in [0.5, 0.6) is 0 Å². The molecule has 0 aliphatic heterocycles. The minimum Gasteiger partial charge on any atom is -0.338 e. The summed E-state index contributed by atoms with van der Waals surface area (Å²) in [6, 6.07) is 4.58. The molecule has 0 fully saturated rings. The van der Waals surface area contributed by atoms with Gasteiger partial charge in [0, 0.05) is 5.56 Å². The van der Waals surface area contributed by atoms with Crippen LogP contribution in [0.1, 0.15) is 31.2 Å². The number of hydrogen-bond donors (Lipinski definition) is 0. The Morgan fingerprint density at radius 3 is 2.78 bits per heavy atom. The van der Waals surface area contributed by atoms with Crippen molar-refractivity contribution < 1.29 is 13.7 Å². The first-order valence-corrected chi connectivity index (χ1v) is 5.59. The van der Waals surface area contributed by atoms with E-state index in [1.165, 1.54) is 13.0 Å². The normalized spacial score (nSPS) is 12.4. The van der Waals surface area contributed by atoms with Crippen molar-refractivity contribution in [3.05, 3.63) is 35.5 Å². The Morgan fingerprint density at radius 2 is 2.17 bits per heavy atom. The van der Waals surface area contributed by atoms with E-state index in [-0.39, 0.29) is 17.5 Å². The Hall–Kier alpha value is -2.04. The first-order valence-electron chi connectivity index (χ1n) is 5.59. The molecule has 0 amide bonds. The third kappa shape index (κ3) is 2.30. The van der Waals surface area contributed by atoms with Gasteiger partial charge in [-0.05, 0) is 44.5 Å². The lowest BCUT2D eigenvalue weighted by Crippen LogP contribution is -2.04. The molecule has 0 aliphatic carbocycles. The second-order valence-electron chi connectivity index (χ2n) is 4.25. The molecule has 0 aliphatic rings. The molecule has 1 unspecified atom stereocenters. The van der Waals surface area contributed by atoms with E-state index in [9.17, 15) is 9.18 Å². The number of carbonyl (C=O) groups is 1. The van der Waals surface area contributed by atoms with Gasteiger partial charge in [0.2, 0.25) is 11.7 Å². The predicted octanol–water partition coefficient (Wildman–Crippen LogP) is 2.88. The zero-order chi connectivity index (χ0) is 13.3. The van der Waals surface area contributed by atoms with Gasteiger partial charge in [-0.3, -0.25) is 4.79 Å². The molecule has 0 spiro atoms. The Bertz CT molecular complexity index is 592. The standard InChI is InChI=1S/C13H13FN2O2/c1-7-6-10(4-5-11(7)14)12-15-13(18-16-12)8(2)9(3)17/h4-6,8H,1-3H3. The number of ketones is 1. The van der Waals surface area contributed by atoms with E-state index >= 15 is 0 Å². The van der Waals surface area contributed by atoms with E-state index in [1.807, 2.05) is 0 Å². The summed E-state index contributed by atoms with van der Waals surface area (Å²) in [5.74, 6) is -0.103. The zero-order valence-electron chi connectivity index (χ0n) is 10.4. The quantitative estimate of drug-likeness (QED) is 0.838. The fourth-order valence-electron chi connectivity index (χ4n) is 1.49. The molecule has 2 aromatic rings. The van der Waals surface area contributed by atoms with Crippen molar-refractivity contribution in [2.75, 3.05) is 0 Å². The van der Waals surface area contributed by atoms with E-state index in [1.54, 1.807) is 26.0 Å². The maximum atomic E-state index is 13.1. The van der Waals surface area contributed by atoms with Crippen LogP contribution in [0.2, 0.25) is 0 Å². The van der Waals surface area contributed by atoms with Crippen LogP contribution in [0, 0.1) is 12.7 Å². The third-order valence-corrected chi connectivity index (χ3v) is 2.84. The van der Waals surface area contributed by atoms with Crippen molar-refractivity contribution in [1.29, 1.82) is 0 Å². The van der Waals surface area contributed by atoms with Crippen molar-refractivity contribution >= 4 is 5.78 Å². The smallest absolute Gasteiger partial charge is 0.237 e. The molecule has 0 bridgehead atoms. The van der Waals surface area contributed by atoms with E-state index in [2.05, 4.69) is 10.1 Å². The number of carbonyl (C=O) groups excluding carboxylic acids is 1. The van der Waals surface area contributed by atoms with Gasteiger partial charge in [0.1, 0.15) is 11.6 Å². The number of hydrogen-bond acceptors (Lipinski definition) is 4. The minimum atomic E-state index is -0.423. The molecule has 4 nitrogen and oxygen atoms in total. The van der Waals surface area contributed by atoms with Crippen LogP contribution in [-0.2, 0) is 4.79 Å². The molecule has 18 heavy (non-hydrogen) atoms. The van der Waals surface area contributed by atoms with Crippen LogP contribution in [0.3, 0.4) is 0 Å². The summed E-state index contributed by atoms with van der Waals surface area (Å²) < 4.78 is 18.2. The van der Waals surface area contributed by atoms with Gasteiger partial charge in [-0.2, -0.15) is 4.98 Å². The Labute approximate surface area is 104 Å². The maximum Gasteiger partial charge on any atom is 0.237 e. The highest BCUT2D eigenvalue weighted by molar-refractivity contribution is 5.81. The molecule has 0 saturated carbocycles. The summed E-state index contributed by atoms with van der Waals surface area (Å²) >= 11 is 0. The Balaban J connectivity index is 2.35. The van der Waals surface area contributed by atoms with Gasteiger partial charge in [0.05, 0.1) is 5.92 Å². The van der Waals surface area contributed by atoms with E-state index < -0.39 is 5.92 Å². The number of halogens is 1.